The van der Waals surface area contributed by atoms with Gasteiger partial charge in [0.25, 0.3) is 5.56 Å². The minimum atomic E-state index is -4.44. The zero-order valence-electron chi connectivity index (χ0n) is 16.0. The van der Waals surface area contributed by atoms with E-state index in [9.17, 15) is 22.8 Å². The normalized spacial score (nSPS) is 13.1. The van der Waals surface area contributed by atoms with Gasteiger partial charge in [-0.3, -0.25) is 14.2 Å². The summed E-state index contributed by atoms with van der Waals surface area (Å²) in [6.45, 7) is -1.40. The Labute approximate surface area is 179 Å². The predicted octanol–water partition coefficient (Wildman–Crippen LogP) is 3.96. The van der Waals surface area contributed by atoms with Crippen molar-refractivity contribution < 1.29 is 22.7 Å². The number of nitrogens with one attached hydrogen (secondary N) is 1. The van der Waals surface area contributed by atoms with Gasteiger partial charge in [-0.15, -0.1) is 0 Å². The highest BCUT2D eigenvalue weighted by Gasteiger charge is 2.29. The third-order valence-corrected chi connectivity index (χ3v) is 5.46. The summed E-state index contributed by atoms with van der Waals surface area (Å²) in [4.78, 5) is 29.4. The van der Waals surface area contributed by atoms with Gasteiger partial charge in [-0.2, -0.15) is 13.2 Å². The molecule has 1 amide bonds. The number of rotatable bonds is 6. The number of aromatic nitrogens is 2. The van der Waals surface area contributed by atoms with Crippen molar-refractivity contribution in [2.75, 3.05) is 11.9 Å². The van der Waals surface area contributed by atoms with Gasteiger partial charge in [-0.05, 0) is 29.8 Å². The molecule has 0 saturated heterocycles. The number of amides is 1. The number of nitrogens with zero attached hydrogens (tertiary/aromatic N) is 2. The number of hydrogen-bond donors (Lipinski definition) is 1. The van der Waals surface area contributed by atoms with Gasteiger partial charge in [0.1, 0.15) is 11.6 Å². The smallest absolute Gasteiger partial charge is 0.422 e. The zero-order chi connectivity index (χ0) is 22.0. The minimum absolute atomic E-state index is 0.0265. The second-order valence-electron chi connectivity index (χ2n) is 6.76. The average molecular weight is 447 g/mol. The van der Waals surface area contributed by atoms with Crippen LogP contribution in [0.5, 0.6) is 5.75 Å². The molecule has 0 spiro atoms. The van der Waals surface area contributed by atoms with Gasteiger partial charge in [-0.1, -0.05) is 42.1 Å². The molecule has 6 nitrogen and oxygen atoms in total. The standard InChI is InChI=1S/C21H16F3N3O3S/c22-21(23,24)12-30-15-8-6-14(7-9-15)27-19(29)16-10-17(28)25-18(16)26-20(27)31-11-13-4-2-1-3-5-13/h1-9H,10-12H2,(H,25,28). The number of hydrogen-bond acceptors (Lipinski definition) is 5. The van der Waals surface area contributed by atoms with Crippen LogP contribution >= 0.6 is 11.8 Å². The molecular formula is C21H16F3N3O3S. The number of ether oxygens (including phenoxy) is 1. The van der Waals surface area contributed by atoms with Crippen molar-refractivity contribution in [1.29, 1.82) is 0 Å². The summed E-state index contributed by atoms with van der Waals surface area (Å²) in [5.41, 5.74) is 1.29. The molecule has 31 heavy (non-hydrogen) atoms. The largest absolute Gasteiger partial charge is 0.484 e. The van der Waals surface area contributed by atoms with E-state index in [0.717, 1.165) is 5.56 Å². The summed E-state index contributed by atoms with van der Waals surface area (Å²) in [7, 11) is 0. The topological polar surface area (TPSA) is 73.2 Å². The lowest BCUT2D eigenvalue weighted by Gasteiger charge is -2.14. The van der Waals surface area contributed by atoms with Gasteiger partial charge in [-0.25, -0.2) is 4.98 Å². The van der Waals surface area contributed by atoms with Crippen molar-refractivity contribution in [2.24, 2.45) is 0 Å². The minimum Gasteiger partial charge on any atom is -0.484 e. The molecule has 160 valence electrons. The van der Waals surface area contributed by atoms with E-state index in [2.05, 4.69) is 10.3 Å². The van der Waals surface area contributed by atoms with E-state index >= 15 is 0 Å². The first-order valence-electron chi connectivity index (χ1n) is 9.23. The second kappa shape index (κ2) is 8.46. The first kappa shape index (κ1) is 21.0. The molecule has 1 N–H and O–H groups in total. The molecule has 3 aromatic rings. The van der Waals surface area contributed by atoms with Crippen molar-refractivity contribution in [1.82, 2.24) is 9.55 Å². The Bertz CT molecular complexity index is 1160. The fourth-order valence-electron chi connectivity index (χ4n) is 3.04. The van der Waals surface area contributed by atoms with E-state index in [1.54, 1.807) is 0 Å². The third-order valence-electron chi connectivity index (χ3n) is 4.45. The summed E-state index contributed by atoms with van der Waals surface area (Å²) in [5.74, 6) is 0.491. The lowest BCUT2D eigenvalue weighted by atomic mass is 10.2. The summed E-state index contributed by atoms with van der Waals surface area (Å²) in [6, 6.07) is 15.3. The Balaban J connectivity index is 1.67. The maximum Gasteiger partial charge on any atom is 0.422 e. The number of alkyl halides is 3. The summed E-state index contributed by atoms with van der Waals surface area (Å²) in [5, 5.41) is 2.95. The first-order valence-corrected chi connectivity index (χ1v) is 10.2. The number of carbonyl (C=O) groups excluding carboxylic acids is 1. The van der Waals surface area contributed by atoms with Crippen LogP contribution in [0.1, 0.15) is 11.1 Å². The Morgan fingerprint density at radius 1 is 1.06 bits per heavy atom. The molecule has 1 aliphatic rings. The van der Waals surface area contributed by atoms with Crippen LogP contribution < -0.4 is 15.6 Å². The van der Waals surface area contributed by atoms with Crippen LogP contribution in [0.3, 0.4) is 0 Å². The number of carbonyl (C=O) groups is 1. The van der Waals surface area contributed by atoms with Crippen LogP contribution in [0.15, 0.2) is 64.5 Å². The van der Waals surface area contributed by atoms with Gasteiger partial charge < -0.3 is 10.1 Å². The Morgan fingerprint density at radius 3 is 2.45 bits per heavy atom. The Hall–Kier alpha value is -3.27. The van der Waals surface area contributed by atoms with Crippen molar-refractivity contribution in [3.63, 3.8) is 0 Å². The van der Waals surface area contributed by atoms with Crippen molar-refractivity contribution >= 4 is 23.5 Å². The first-order chi connectivity index (χ1) is 14.8. The Morgan fingerprint density at radius 2 is 1.77 bits per heavy atom. The van der Waals surface area contributed by atoms with Crippen LogP contribution in [-0.4, -0.2) is 28.2 Å². The van der Waals surface area contributed by atoms with Gasteiger partial charge in [0.2, 0.25) is 5.91 Å². The monoisotopic (exact) mass is 447 g/mol. The van der Waals surface area contributed by atoms with E-state index in [-0.39, 0.29) is 29.5 Å². The molecular weight excluding hydrogens is 431 g/mol. The maximum atomic E-state index is 13.1. The molecule has 0 fully saturated rings. The number of benzene rings is 2. The maximum absolute atomic E-state index is 13.1. The quantitative estimate of drug-likeness (QED) is 0.458. The van der Waals surface area contributed by atoms with Crippen LogP contribution in [0.2, 0.25) is 0 Å². The number of fused-ring (bicyclic) bond motifs is 1. The number of halogens is 3. The van der Waals surface area contributed by atoms with Gasteiger partial charge >= 0.3 is 6.18 Å². The van der Waals surface area contributed by atoms with Gasteiger partial charge in [0.15, 0.2) is 11.8 Å². The van der Waals surface area contributed by atoms with Crippen LogP contribution in [0, 0.1) is 0 Å². The second-order valence-corrected chi connectivity index (χ2v) is 7.70. The van der Waals surface area contributed by atoms with Crippen LogP contribution in [0.4, 0.5) is 19.0 Å². The van der Waals surface area contributed by atoms with Gasteiger partial charge in [0, 0.05) is 5.75 Å². The third kappa shape index (κ3) is 4.91. The predicted molar refractivity (Wildman–Crippen MR) is 110 cm³/mol. The highest BCUT2D eigenvalue weighted by atomic mass is 32.2. The van der Waals surface area contributed by atoms with E-state index in [1.165, 1.54) is 40.6 Å². The van der Waals surface area contributed by atoms with Gasteiger partial charge in [0.05, 0.1) is 17.7 Å². The molecule has 10 heteroatoms. The van der Waals surface area contributed by atoms with E-state index in [0.29, 0.717) is 16.6 Å². The summed E-state index contributed by atoms with van der Waals surface area (Å²) >= 11 is 1.31. The fourth-order valence-corrected chi connectivity index (χ4v) is 4.00. The SMILES string of the molecule is O=C1Cc2c(nc(SCc3ccccc3)n(-c3ccc(OCC(F)(F)F)cc3)c2=O)N1. The molecule has 2 heterocycles. The van der Waals surface area contributed by atoms with Crippen LogP contribution in [0.25, 0.3) is 5.69 Å². The molecule has 0 aliphatic carbocycles. The Kier molecular flexibility index (Phi) is 5.73. The molecule has 1 aromatic heterocycles. The van der Waals surface area contributed by atoms with E-state index in [4.69, 9.17) is 4.74 Å². The lowest BCUT2D eigenvalue weighted by molar-refractivity contribution is -0.153. The molecule has 1 aliphatic heterocycles. The highest BCUT2D eigenvalue weighted by molar-refractivity contribution is 7.98. The lowest BCUT2D eigenvalue weighted by Crippen LogP contribution is -2.24. The van der Waals surface area contributed by atoms with Crippen molar-refractivity contribution in [3.05, 3.63) is 76.1 Å². The molecule has 4 rings (SSSR count). The molecule has 0 radical (unpaired) electrons. The number of anilines is 1. The molecule has 0 unspecified atom stereocenters. The molecule has 0 atom stereocenters. The van der Waals surface area contributed by atoms with E-state index in [1.807, 2.05) is 30.3 Å². The fraction of sp³-hybridized carbons (Fsp3) is 0.190. The summed E-state index contributed by atoms with van der Waals surface area (Å²) in [6.07, 6.45) is -4.52. The van der Waals surface area contributed by atoms with Crippen molar-refractivity contribution in [3.8, 4) is 11.4 Å². The summed E-state index contributed by atoms with van der Waals surface area (Å²) < 4.78 is 43.2. The van der Waals surface area contributed by atoms with Crippen molar-refractivity contribution in [2.45, 2.75) is 23.5 Å². The van der Waals surface area contributed by atoms with Crippen LogP contribution in [-0.2, 0) is 17.0 Å². The van der Waals surface area contributed by atoms with E-state index < -0.39 is 18.3 Å². The molecule has 0 bridgehead atoms. The zero-order valence-corrected chi connectivity index (χ0v) is 16.8. The highest BCUT2D eigenvalue weighted by Crippen LogP contribution is 2.28. The molecule has 2 aromatic carbocycles. The molecule has 0 saturated carbocycles. The number of thioether (sulfide) groups is 1. The average Bonchev–Trinajstić information content (AvgIpc) is 3.12.